The fourth-order valence-electron chi connectivity index (χ4n) is 1.48. The van der Waals surface area contributed by atoms with Gasteiger partial charge < -0.3 is 15.2 Å². The number of nitrogens with two attached hydrogens (primary N) is 1. The molecule has 12 heavy (non-hydrogen) atoms. The number of methoxy groups -OCH3 is 2. The molecule has 1 aliphatic heterocycles. The lowest BCUT2D eigenvalue weighted by Crippen LogP contribution is -2.34. The second-order valence-electron chi connectivity index (χ2n) is 3.21. The van der Waals surface area contributed by atoms with Crippen LogP contribution in [0, 0.1) is 0 Å². The zero-order chi connectivity index (χ0) is 8.97. The Morgan fingerprint density at radius 2 is 2.17 bits per heavy atom. The van der Waals surface area contributed by atoms with Crippen LogP contribution in [0.2, 0.25) is 0 Å². The van der Waals surface area contributed by atoms with Crippen molar-refractivity contribution in [3.63, 3.8) is 0 Å². The van der Waals surface area contributed by atoms with Gasteiger partial charge in [-0.05, 0) is 13.0 Å². The first kappa shape index (κ1) is 9.92. The van der Waals surface area contributed by atoms with Gasteiger partial charge in [-0.25, -0.2) is 0 Å². The van der Waals surface area contributed by atoms with E-state index in [1.807, 2.05) is 0 Å². The van der Waals surface area contributed by atoms with Crippen LogP contribution in [0.25, 0.3) is 0 Å². The van der Waals surface area contributed by atoms with Gasteiger partial charge in [0, 0.05) is 33.4 Å². The molecule has 72 valence electrons. The van der Waals surface area contributed by atoms with E-state index in [2.05, 4.69) is 4.90 Å². The smallest absolute Gasteiger partial charge is 0.169 e. The number of hydrogen-bond donors (Lipinski definition) is 1. The summed E-state index contributed by atoms with van der Waals surface area (Å²) in [6.45, 7) is 2.84. The molecule has 1 unspecified atom stereocenters. The molecule has 0 aliphatic carbocycles. The van der Waals surface area contributed by atoms with Crippen LogP contribution >= 0.6 is 0 Å². The van der Waals surface area contributed by atoms with Crippen molar-refractivity contribution in [2.45, 2.75) is 18.8 Å². The lowest BCUT2D eigenvalue weighted by Gasteiger charge is -2.20. The number of likely N-dealkylation sites (tertiary alicyclic amines) is 1. The van der Waals surface area contributed by atoms with E-state index in [1.165, 1.54) is 0 Å². The minimum absolute atomic E-state index is 0.115. The Balaban J connectivity index is 2.21. The van der Waals surface area contributed by atoms with Gasteiger partial charge in [0.05, 0.1) is 0 Å². The van der Waals surface area contributed by atoms with E-state index in [9.17, 15) is 0 Å². The minimum atomic E-state index is -0.115. The highest BCUT2D eigenvalue weighted by atomic mass is 16.7. The number of ether oxygens (including phenoxy) is 2. The Kier molecular flexibility index (Phi) is 3.94. The third-order valence-corrected chi connectivity index (χ3v) is 2.24. The quantitative estimate of drug-likeness (QED) is 0.591. The molecule has 0 amide bonds. The summed E-state index contributed by atoms with van der Waals surface area (Å²) < 4.78 is 10.2. The van der Waals surface area contributed by atoms with Crippen molar-refractivity contribution in [3.05, 3.63) is 0 Å². The SMILES string of the molecule is COC(CN1CCC(N)C1)OC. The molecule has 0 aromatic heterocycles. The van der Waals surface area contributed by atoms with Crippen molar-refractivity contribution in [1.29, 1.82) is 0 Å². The van der Waals surface area contributed by atoms with Crippen LogP contribution in [0.1, 0.15) is 6.42 Å². The van der Waals surface area contributed by atoms with Crippen LogP contribution in [0.3, 0.4) is 0 Å². The van der Waals surface area contributed by atoms with Gasteiger partial charge in [-0.1, -0.05) is 0 Å². The van der Waals surface area contributed by atoms with E-state index in [0.717, 1.165) is 26.1 Å². The van der Waals surface area contributed by atoms with Crippen LogP contribution in [0.5, 0.6) is 0 Å². The van der Waals surface area contributed by atoms with Gasteiger partial charge in [-0.2, -0.15) is 0 Å². The molecule has 0 aromatic carbocycles. The van der Waals surface area contributed by atoms with Crippen molar-refractivity contribution in [2.75, 3.05) is 33.9 Å². The summed E-state index contributed by atoms with van der Waals surface area (Å²) in [5.41, 5.74) is 5.76. The minimum Gasteiger partial charge on any atom is -0.355 e. The molecule has 1 saturated heterocycles. The van der Waals surface area contributed by atoms with Gasteiger partial charge in [0.2, 0.25) is 0 Å². The topological polar surface area (TPSA) is 47.7 Å². The second-order valence-corrected chi connectivity index (χ2v) is 3.21. The van der Waals surface area contributed by atoms with Crippen molar-refractivity contribution < 1.29 is 9.47 Å². The fraction of sp³-hybridized carbons (Fsp3) is 1.00. The zero-order valence-corrected chi connectivity index (χ0v) is 7.82. The molecule has 4 heteroatoms. The first-order valence-corrected chi connectivity index (χ1v) is 4.29. The van der Waals surface area contributed by atoms with E-state index in [4.69, 9.17) is 15.2 Å². The standard InChI is InChI=1S/C8H18N2O2/c1-11-8(12-2)6-10-4-3-7(9)5-10/h7-8H,3-6,9H2,1-2H3. The van der Waals surface area contributed by atoms with Gasteiger partial charge in [0.15, 0.2) is 6.29 Å². The van der Waals surface area contributed by atoms with Gasteiger partial charge in [-0.15, -0.1) is 0 Å². The third kappa shape index (κ3) is 2.71. The van der Waals surface area contributed by atoms with Crippen LogP contribution < -0.4 is 5.73 Å². The van der Waals surface area contributed by atoms with E-state index < -0.39 is 0 Å². The molecular formula is C8H18N2O2. The maximum atomic E-state index is 5.76. The number of rotatable bonds is 4. The Bertz CT molecular complexity index is 128. The van der Waals surface area contributed by atoms with Crippen molar-refractivity contribution in [1.82, 2.24) is 4.90 Å². The van der Waals surface area contributed by atoms with Crippen molar-refractivity contribution in [2.24, 2.45) is 5.73 Å². The summed E-state index contributed by atoms with van der Waals surface area (Å²) in [5.74, 6) is 0. The normalized spacial score (nSPS) is 25.5. The molecular weight excluding hydrogens is 156 g/mol. The summed E-state index contributed by atoms with van der Waals surface area (Å²) >= 11 is 0. The lowest BCUT2D eigenvalue weighted by molar-refractivity contribution is -0.114. The highest BCUT2D eigenvalue weighted by molar-refractivity contribution is 4.78. The summed E-state index contributed by atoms with van der Waals surface area (Å²) in [6, 6.07) is 0.333. The number of hydrogen-bond acceptors (Lipinski definition) is 4. The Morgan fingerprint density at radius 3 is 2.58 bits per heavy atom. The second kappa shape index (κ2) is 4.77. The van der Waals surface area contributed by atoms with Crippen LogP contribution in [0.4, 0.5) is 0 Å². The summed E-state index contributed by atoms with van der Waals surface area (Å²) in [6.07, 6.45) is 0.968. The Hall–Kier alpha value is -0.160. The molecule has 0 aromatic rings. The molecule has 1 aliphatic rings. The van der Waals surface area contributed by atoms with Crippen LogP contribution in [-0.4, -0.2) is 51.1 Å². The van der Waals surface area contributed by atoms with Crippen molar-refractivity contribution >= 4 is 0 Å². The maximum absolute atomic E-state index is 5.76. The molecule has 4 nitrogen and oxygen atoms in total. The Labute approximate surface area is 73.6 Å². The summed E-state index contributed by atoms with van der Waals surface area (Å²) in [5, 5.41) is 0. The van der Waals surface area contributed by atoms with Crippen LogP contribution in [0.15, 0.2) is 0 Å². The van der Waals surface area contributed by atoms with E-state index in [0.29, 0.717) is 6.04 Å². The first-order valence-electron chi connectivity index (χ1n) is 4.29. The van der Waals surface area contributed by atoms with Gasteiger partial charge in [0.1, 0.15) is 0 Å². The molecule has 0 spiro atoms. The molecule has 1 heterocycles. The van der Waals surface area contributed by atoms with E-state index in [-0.39, 0.29) is 6.29 Å². The Morgan fingerprint density at radius 1 is 1.50 bits per heavy atom. The monoisotopic (exact) mass is 174 g/mol. The van der Waals surface area contributed by atoms with Gasteiger partial charge >= 0.3 is 0 Å². The summed E-state index contributed by atoms with van der Waals surface area (Å²) in [4.78, 5) is 2.27. The molecule has 0 radical (unpaired) electrons. The van der Waals surface area contributed by atoms with Crippen molar-refractivity contribution in [3.8, 4) is 0 Å². The fourth-order valence-corrected chi connectivity index (χ4v) is 1.48. The average molecular weight is 174 g/mol. The highest BCUT2D eigenvalue weighted by Crippen LogP contribution is 2.08. The largest absolute Gasteiger partial charge is 0.355 e. The number of nitrogens with zero attached hydrogens (tertiary/aromatic N) is 1. The van der Waals surface area contributed by atoms with Crippen LogP contribution in [-0.2, 0) is 9.47 Å². The summed E-state index contributed by atoms with van der Waals surface area (Å²) in [7, 11) is 3.31. The van der Waals surface area contributed by atoms with Gasteiger partial charge in [-0.3, -0.25) is 4.90 Å². The lowest BCUT2D eigenvalue weighted by atomic mass is 10.3. The molecule has 0 bridgehead atoms. The van der Waals surface area contributed by atoms with E-state index in [1.54, 1.807) is 14.2 Å². The highest BCUT2D eigenvalue weighted by Gasteiger charge is 2.21. The van der Waals surface area contributed by atoms with E-state index >= 15 is 0 Å². The zero-order valence-electron chi connectivity index (χ0n) is 7.82. The molecule has 0 saturated carbocycles. The maximum Gasteiger partial charge on any atom is 0.169 e. The average Bonchev–Trinajstić information content (AvgIpc) is 2.47. The third-order valence-electron chi connectivity index (χ3n) is 2.24. The predicted molar refractivity (Wildman–Crippen MR) is 46.8 cm³/mol. The first-order chi connectivity index (χ1) is 5.76. The predicted octanol–water partition coefficient (Wildman–Crippen LogP) is -0.362. The molecule has 1 fully saturated rings. The molecule has 1 rings (SSSR count). The van der Waals surface area contributed by atoms with Gasteiger partial charge in [0.25, 0.3) is 0 Å². The molecule has 1 atom stereocenters. The molecule has 2 N–H and O–H groups in total.